The topological polar surface area (TPSA) is 86.8 Å². The van der Waals surface area contributed by atoms with Crippen LogP contribution < -0.4 is 9.62 Å². The second-order valence-corrected chi connectivity index (χ2v) is 15.1. The lowest BCUT2D eigenvalue weighted by Gasteiger charge is -2.57. The first-order chi connectivity index (χ1) is 19.0. The monoisotopic (exact) mass is 629 g/mol. The molecule has 0 heterocycles. The predicted molar refractivity (Wildman–Crippen MR) is 161 cm³/mol. The van der Waals surface area contributed by atoms with E-state index in [1.807, 2.05) is 43.3 Å². The fraction of sp³-hybridized carbons (Fsp3) is 0.548. The predicted octanol–water partition coefficient (Wildman–Crippen LogP) is 5.24. The Morgan fingerprint density at radius 1 is 1.02 bits per heavy atom. The van der Waals surface area contributed by atoms with Crippen molar-refractivity contribution in [3.63, 3.8) is 0 Å². The third-order valence-electron chi connectivity index (χ3n) is 9.25. The molecule has 1 N–H and O–H groups in total. The molecule has 0 unspecified atom stereocenters. The Morgan fingerprint density at radius 3 is 2.15 bits per heavy atom. The van der Waals surface area contributed by atoms with Gasteiger partial charge in [0.25, 0.3) is 0 Å². The van der Waals surface area contributed by atoms with Gasteiger partial charge in [-0.1, -0.05) is 40.2 Å². The van der Waals surface area contributed by atoms with E-state index < -0.39 is 22.0 Å². The van der Waals surface area contributed by atoms with Crippen LogP contribution in [0.5, 0.6) is 0 Å². The molecule has 0 spiro atoms. The average Bonchev–Trinajstić information content (AvgIpc) is 2.89. The summed E-state index contributed by atoms with van der Waals surface area (Å²) in [7, 11) is -3.76. The van der Waals surface area contributed by atoms with Crippen LogP contribution in [-0.2, 0) is 31.6 Å². The quantitative estimate of drug-likeness (QED) is 0.390. The number of halogens is 1. The van der Waals surface area contributed by atoms with Crippen molar-refractivity contribution in [2.45, 2.75) is 70.4 Å². The van der Waals surface area contributed by atoms with Crippen molar-refractivity contribution in [1.82, 2.24) is 10.2 Å². The minimum atomic E-state index is -3.76. The van der Waals surface area contributed by atoms with Gasteiger partial charge in [-0.05, 0) is 111 Å². The van der Waals surface area contributed by atoms with E-state index in [0.29, 0.717) is 12.2 Å². The minimum absolute atomic E-state index is 0.180. The molecular formula is C31H40BrN3O4S. The lowest BCUT2D eigenvalue weighted by atomic mass is 9.48. The summed E-state index contributed by atoms with van der Waals surface area (Å²) in [6, 6.07) is 14.6. The lowest BCUT2D eigenvalue weighted by molar-refractivity contribution is -0.139. The summed E-state index contributed by atoms with van der Waals surface area (Å²) in [6.45, 7) is 3.73. The van der Waals surface area contributed by atoms with Crippen molar-refractivity contribution in [2.75, 3.05) is 23.7 Å². The second-order valence-electron chi connectivity index (χ2n) is 12.2. The maximum absolute atomic E-state index is 13.7. The fourth-order valence-electron chi connectivity index (χ4n) is 7.80. The molecule has 9 heteroatoms. The highest BCUT2D eigenvalue weighted by Gasteiger charge is 2.51. The Balaban J connectivity index is 1.39. The van der Waals surface area contributed by atoms with E-state index in [2.05, 4.69) is 33.4 Å². The molecule has 4 aliphatic carbocycles. The van der Waals surface area contributed by atoms with Gasteiger partial charge in [0.1, 0.15) is 12.6 Å². The number of hydrogen-bond donors (Lipinski definition) is 1. The fourth-order valence-corrected chi connectivity index (χ4v) is 9.09. The van der Waals surface area contributed by atoms with Gasteiger partial charge in [0.15, 0.2) is 0 Å². The van der Waals surface area contributed by atoms with Crippen LogP contribution in [0.1, 0.15) is 63.5 Å². The summed E-state index contributed by atoms with van der Waals surface area (Å²) in [6.07, 6.45) is 8.92. The summed E-state index contributed by atoms with van der Waals surface area (Å²) < 4.78 is 28.0. The molecule has 7 nitrogen and oxygen atoms in total. The van der Waals surface area contributed by atoms with Gasteiger partial charge in [0.05, 0.1) is 11.9 Å². The number of carbonyl (C=O) groups is 2. The Bertz CT molecular complexity index is 1330. The van der Waals surface area contributed by atoms with E-state index >= 15 is 0 Å². The first-order valence-electron chi connectivity index (χ1n) is 14.4. The van der Waals surface area contributed by atoms with Crippen molar-refractivity contribution in [3.8, 4) is 0 Å². The first kappa shape index (κ1) is 29.1. The number of benzene rings is 2. The third-order valence-corrected chi connectivity index (χ3v) is 10.9. The molecule has 1 atom stereocenters. The number of nitrogens with one attached hydrogen (secondary N) is 1. The second kappa shape index (κ2) is 11.5. The summed E-state index contributed by atoms with van der Waals surface area (Å²) in [5.74, 6) is 1.74. The van der Waals surface area contributed by atoms with E-state index in [1.165, 1.54) is 49.0 Å². The maximum atomic E-state index is 13.7. The third kappa shape index (κ3) is 6.10. The van der Waals surface area contributed by atoms with Crippen LogP contribution in [0.3, 0.4) is 0 Å². The number of sulfonamides is 1. The molecule has 2 aromatic carbocycles. The summed E-state index contributed by atoms with van der Waals surface area (Å²) in [4.78, 5) is 27.9. The maximum Gasteiger partial charge on any atom is 0.244 e. The standard InChI is InChI=1S/C31H40BrN3O4S/c1-4-33-30(37)21(2)34(19-22-6-5-7-27(32)15-22)29(36)20-35(40(3,38)39)28-10-8-26(9-11-28)31-16-23-12-24(17-31)14-25(13-23)18-31/h5-11,15,21,23-25H,4,12-14,16-20H2,1-3H3,(H,33,37)/t21-,23?,24?,25?,31?/m0/s1. The van der Waals surface area contributed by atoms with Gasteiger partial charge >= 0.3 is 0 Å². The lowest BCUT2D eigenvalue weighted by Crippen LogP contribution is -2.51. The number of likely N-dealkylation sites (N-methyl/N-ethyl adjacent to an activating group) is 1. The van der Waals surface area contributed by atoms with Crippen LogP contribution in [0.2, 0.25) is 0 Å². The summed E-state index contributed by atoms with van der Waals surface area (Å²) in [5.41, 5.74) is 2.82. The van der Waals surface area contributed by atoms with Crippen LogP contribution in [0.25, 0.3) is 0 Å². The molecule has 0 saturated heterocycles. The molecular weight excluding hydrogens is 590 g/mol. The van der Waals surface area contributed by atoms with Gasteiger partial charge < -0.3 is 10.2 Å². The number of rotatable bonds is 10. The van der Waals surface area contributed by atoms with E-state index in [-0.39, 0.29) is 24.4 Å². The molecule has 0 aliphatic heterocycles. The molecule has 2 amide bonds. The van der Waals surface area contributed by atoms with E-state index in [0.717, 1.165) is 38.4 Å². The minimum Gasteiger partial charge on any atom is -0.355 e. The molecule has 2 aromatic rings. The molecule has 0 radical (unpaired) electrons. The molecule has 4 bridgehead atoms. The zero-order valence-electron chi connectivity index (χ0n) is 23.6. The van der Waals surface area contributed by atoms with Gasteiger partial charge in [0, 0.05) is 17.6 Å². The Kier molecular flexibility index (Phi) is 8.35. The summed E-state index contributed by atoms with van der Waals surface area (Å²) >= 11 is 3.46. The molecule has 0 aromatic heterocycles. The van der Waals surface area contributed by atoms with Crippen molar-refractivity contribution in [2.24, 2.45) is 17.8 Å². The van der Waals surface area contributed by atoms with Crippen LogP contribution >= 0.6 is 15.9 Å². The van der Waals surface area contributed by atoms with E-state index in [1.54, 1.807) is 6.92 Å². The Labute approximate surface area is 246 Å². The molecule has 6 rings (SSSR count). The molecule has 40 heavy (non-hydrogen) atoms. The van der Waals surface area contributed by atoms with Gasteiger partial charge in [0.2, 0.25) is 21.8 Å². The average molecular weight is 631 g/mol. The number of nitrogens with zero attached hydrogens (tertiary/aromatic N) is 2. The van der Waals surface area contributed by atoms with Crippen LogP contribution in [-0.4, -0.2) is 50.5 Å². The molecule has 4 fully saturated rings. The molecule has 4 aliphatic rings. The Morgan fingerprint density at radius 2 is 1.62 bits per heavy atom. The largest absolute Gasteiger partial charge is 0.355 e. The van der Waals surface area contributed by atoms with Crippen LogP contribution in [0.4, 0.5) is 5.69 Å². The highest BCUT2D eigenvalue weighted by Crippen LogP contribution is 2.60. The smallest absolute Gasteiger partial charge is 0.244 e. The van der Waals surface area contributed by atoms with Gasteiger partial charge in [-0.2, -0.15) is 0 Å². The zero-order chi connectivity index (χ0) is 28.7. The normalized spacial score (nSPS) is 25.9. The number of amides is 2. The van der Waals surface area contributed by atoms with Gasteiger partial charge in [-0.3, -0.25) is 13.9 Å². The highest BCUT2D eigenvalue weighted by atomic mass is 79.9. The van der Waals surface area contributed by atoms with Crippen molar-refractivity contribution in [3.05, 3.63) is 64.1 Å². The highest BCUT2D eigenvalue weighted by molar-refractivity contribution is 9.10. The molecule has 4 saturated carbocycles. The van der Waals surface area contributed by atoms with Gasteiger partial charge in [-0.15, -0.1) is 0 Å². The van der Waals surface area contributed by atoms with Crippen molar-refractivity contribution < 1.29 is 18.0 Å². The van der Waals surface area contributed by atoms with Crippen LogP contribution in [0.15, 0.2) is 53.0 Å². The van der Waals surface area contributed by atoms with Crippen molar-refractivity contribution in [1.29, 1.82) is 0 Å². The van der Waals surface area contributed by atoms with E-state index in [9.17, 15) is 18.0 Å². The number of hydrogen-bond acceptors (Lipinski definition) is 4. The summed E-state index contributed by atoms with van der Waals surface area (Å²) in [5, 5.41) is 2.78. The number of anilines is 1. The molecule has 216 valence electrons. The zero-order valence-corrected chi connectivity index (χ0v) is 26.0. The SMILES string of the molecule is CCNC(=O)[C@H](C)N(Cc1cccc(Br)c1)C(=O)CN(c1ccc(C23CC4CC(CC(C4)C2)C3)cc1)S(C)(=O)=O. The van der Waals surface area contributed by atoms with Gasteiger partial charge in [-0.25, -0.2) is 8.42 Å². The van der Waals surface area contributed by atoms with Crippen LogP contribution in [0, 0.1) is 17.8 Å². The van der Waals surface area contributed by atoms with E-state index in [4.69, 9.17) is 0 Å². The van der Waals surface area contributed by atoms with Crippen molar-refractivity contribution >= 4 is 43.5 Å². The Hall–Kier alpha value is -2.39. The number of carbonyl (C=O) groups excluding carboxylic acids is 2. The first-order valence-corrected chi connectivity index (χ1v) is 17.0.